The molecule has 0 spiro atoms. The van der Waals surface area contributed by atoms with E-state index in [-0.39, 0.29) is 23.5 Å². The zero-order chi connectivity index (χ0) is 22.0. The van der Waals surface area contributed by atoms with Gasteiger partial charge in [-0.15, -0.1) is 29.3 Å². The zero-order valence-electron chi connectivity index (χ0n) is 15.9. The predicted octanol–water partition coefficient (Wildman–Crippen LogP) is 5.38. The molecule has 0 aliphatic heterocycles. The molecule has 1 amide bonds. The Morgan fingerprint density at radius 1 is 1.29 bits per heavy atom. The Balaban J connectivity index is 1.62. The number of benzene rings is 1. The van der Waals surface area contributed by atoms with E-state index in [0.717, 1.165) is 40.4 Å². The lowest BCUT2D eigenvalue weighted by molar-refractivity contribution is -0.113. The molecule has 1 N–H and O–H groups in total. The van der Waals surface area contributed by atoms with Crippen LogP contribution in [0, 0.1) is 11.6 Å². The van der Waals surface area contributed by atoms with Crippen LogP contribution >= 0.6 is 34.4 Å². The van der Waals surface area contributed by atoms with Crippen molar-refractivity contribution in [1.29, 1.82) is 0 Å². The molecule has 0 fully saturated rings. The molecule has 4 aromatic rings. The van der Waals surface area contributed by atoms with Crippen molar-refractivity contribution in [3.63, 3.8) is 0 Å². The van der Waals surface area contributed by atoms with Gasteiger partial charge in [-0.2, -0.15) is 0 Å². The van der Waals surface area contributed by atoms with E-state index in [1.54, 1.807) is 6.08 Å². The number of carbonyl (C=O) groups is 1. The van der Waals surface area contributed by atoms with Crippen molar-refractivity contribution in [2.45, 2.75) is 11.7 Å². The van der Waals surface area contributed by atoms with Gasteiger partial charge < -0.3 is 5.32 Å². The summed E-state index contributed by atoms with van der Waals surface area (Å²) in [4.78, 5) is 31.6. The summed E-state index contributed by atoms with van der Waals surface area (Å²) in [7, 11) is 0. The van der Waals surface area contributed by atoms with Crippen molar-refractivity contribution in [3.05, 3.63) is 75.7 Å². The Bertz CT molecular complexity index is 1330. The molecule has 0 atom stereocenters. The molecule has 3 aromatic heterocycles. The fourth-order valence-electron chi connectivity index (χ4n) is 2.93. The van der Waals surface area contributed by atoms with E-state index < -0.39 is 17.5 Å². The van der Waals surface area contributed by atoms with Crippen LogP contribution < -0.4 is 10.9 Å². The van der Waals surface area contributed by atoms with Crippen LogP contribution in [0.5, 0.6) is 0 Å². The maximum absolute atomic E-state index is 13.7. The minimum absolute atomic E-state index is 0.131. The summed E-state index contributed by atoms with van der Waals surface area (Å²) in [6.45, 7) is 3.92. The zero-order valence-corrected chi connectivity index (χ0v) is 18.4. The van der Waals surface area contributed by atoms with Crippen LogP contribution in [0.1, 0.15) is 0 Å². The highest BCUT2D eigenvalue weighted by atomic mass is 32.2. The van der Waals surface area contributed by atoms with Crippen molar-refractivity contribution in [2.75, 3.05) is 11.1 Å². The van der Waals surface area contributed by atoms with Crippen LogP contribution in [-0.2, 0) is 11.3 Å². The van der Waals surface area contributed by atoms with E-state index >= 15 is 0 Å². The van der Waals surface area contributed by atoms with E-state index in [1.165, 1.54) is 27.2 Å². The summed E-state index contributed by atoms with van der Waals surface area (Å²) >= 11 is 3.94. The number of thioether (sulfide) groups is 1. The number of aromatic nitrogens is 2. The summed E-state index contributed by atoms with van der Waals surface area (Å²) < 4.78 is 28.5. The number of amides is 1. The van der Waals surface area contributed by atoms with Gasteiger partial charge in [-0.05, 0) is 23.6 Å². The second kappa shape index (κ2) is 9.13. The predicted molar refractivity (Wildman–Crippen MR) is 123 cm³/mol. The first kappa shape index (κ1) is 21.4. The minimum atomic E-state index is -0.734. The van der Waals surface area contributed by atoms with Crippen LogP contribution in [0.15, 0.2) is 63.7 Å². The molecule has 0 unspecified atom stereocenters. The molecular weight excluding hydrogens is 460 g/mol. The van der Waals surface area contributed by atoms with Gasteiger partial charge in [-0.25, -0.2) is 13.8 Å². The number of nitrogens with one attached hydrogen (secondary N) is 1. The van der Waals surface area contributed by atoms with Crippen LogP contribution in [0.3, 0.4) is 0 Å². The normalized spacial score (nSPS) is 11.0. The average molecular weight is 476 g/mol. The number of hydrogen-bond donors (Lipinski definition) is 1. The first-order valence-electron chi connectivity index (χ1n) is 9.02. The molecule has 0 bridgehead atoms. The van der Waals surface area contributed by atoms with E-state index in [4.69, 9.17) is 0 Å². The molecule has 0 saturated heterocycles. The van der Waals surface area contributed by atoms with Gasteiger partial charge in [-0.1, -0.05) is 23.9 Å². The van der Waals surface area contributed by atoms with Crippen molar-refractivity contribution in [2.24, 2.45) is 0 Å². The highest BCUT2D eigenvalue weighted by molar-refractivity contribution is 7.99. The van der Waals surface area contributed by atoms with Gasteiger partial charge in [0.25, 0.3) is 5.56 Å². The summed E-state index contributed by atoms with van der Waals surface area (Å²) in [5.41, 5.74) is 0.381. The fraction of sp³-hybridized carbons (Fsp3) is 0.0952. The van der Waals surface area contributed by atoms with Crippen molar-refractivity contribution in [1.82, 2.24) is 9.55 Å². The number of hydrogen-bond acceptors (Lipinski definition) is 6. The summed E-state index contributed by atoms with van der Waals surface area (Å²) in [5.74, 6) is -2.06. The number of nitrogens with zero attached hydrogens (tertiary/aromatic N) is 2. The molecule has 5 nitrogen and oxygen atoms in total. The number of carbonyl (C=O) groups excluding carboxylic acids is 1. The van der Waals surface area contributed by atoms with Crippen molar-refractivity contribution in [3.8, 4) is 10.4 Å². The van der Waals surface area contributed by atoms with E-state index in [2.05, 4.69) is 16.9 Å². The van der Waals surface area contributed by atoms with Crippen molar-refractivity contribution >= 4 is 56.2 Å². The Labute approximate surface area is 188 Å². The number of thiophene rings is 2. The van der Waals surface area contributed by atoms with Gasteiger partial charge >= 0.3 is 0 Å². The first-order valence-corrected chi connectivity index (χ1v) is 11.8. The van der Waals surface area contributed by atoms with E-state index in [9.17, 15) is 18.4 Å². The Hall–Kier alpha value is -2.82. The summed E-state index contributed by atoms with van der Waals surface area (Å²) in [5, 5.41) is 7.07. The number of halogens is 2. The quantitative estimate of drug-likeness (QED) is 0.221. The Morgan fingerprint density at radius 2 is 2.13 bits per heavy atom. The lowest BCUT2D eigenvalue weighted by Crippen LogP contribution is -2.23. The van der Waals surface area contributed by atoms with E-state index in [0.29, 0.717) is 15.4 Å². The van der Waals surface area contributed by atoms with Crippen LogP contribution in [0.2, 0.25) is 0 Å². The number of allylic oxidation sites excluding steroid dienone is 1. The lowest BCUT2D eigenvalue weighted by Gasteiger charge is -2.11. The van der Waals surface area contributed by atoms with Gasteiger partial charge in [0.1, 0.15) is 16.5 Å². The van der Waals surface area contributed by atoms with Crippen molar-refractivity contribution < 1.29 is 13.6 Å². The third kappa shape index (κ3) is 4.46. The molecule has 31 heavy (non-hydrogen) atoms. The smallest absolute Gasteiger partial charge is 0.263 e. The third-order valence-electron chi connectivity index (χ3n) is 4.29. The SMILES string of the molecule is C=CCn1c(SCC(=O)Nc2cc(F)ccc2F)nc2scc(-c3cccs3)c2c1=O. The molecule has 0 radical (unpaired) electrons. The molecule has 158 valence electrons. The Kier molecular flexibility index (Phi) is 6.30. The highest BCUT2D eigenvalue weighted by Gasteiger charge is 2.18. The lowest BCUT2D eigenvalue weighted by atomic mass is 10.2. The minimum Gasteiger partial charge on any atom is -0.323 e. The maximum Gasteiger partial charge on any atom is 0.263 e. The number of rotatable bonds is 7. The fourth-order valence-corrected chi connectivity index (χ4v) is 5.54. The summed E-state index contributed by atoms with van der Waals surface area (Å²) in [6.07, 6.45) is 1.58. The molecule has 4 rings (SSSR count). The molecule has 3 heterocycles. The molecule has 1 aromatic carbocycles. The van der Waals surface area contributed by atoms with Gasteiger partial charge in [0, 0.05) is 28.4 Å². The number of fused-ring (bicyclic) bond motifs is 1. The monoisotopic (exact) mass is 475 g/mol. The maximum atomic E-state index is 13.7. The standard InChI is InChI=1S/C21H15F2N3O2S3/c1-2-7-26-20(28)18-13(16-4-3-8-29-16)10-30-19(18)25-21(26)31-11-17(27)24-15-9-12(22)5-6-14(15)23/h2-6,8-10H,1,7,11H2,(H,24,27). The molecule has 0 aliphatic rings. The largest absolute Gasteiger partial charge is 0.323 e. The second-order valence-corrected chi connectivity index (χ2v) is 9.11. The third-order valence-corrected chi connectivity index (χ3v) is 7.04. The molecule has 0 aliphatic carbocycles. The average Bonchev–Trinajstić information content (AvgIpc) is 3.41. The Morgan fingerprint density at radius 3 is 2.87 bits per heavy atom. The van der Waals surface area contributed by atoms with Crippen LogP contribution in [-0.4, -0.2) is 21.2 Å². The topological polar surface area (TPSA) is 64.0 Å². The first-order chi connectivity index (χ1) is 15.0. The van der Waals surface area contributed by atoms with Gasteiger partial charge in [0.2, 0.25) is 5.91 Å². The van der Waals surface area contributed by atoms with Gasteiger partial charge in [0.15, 0.2) is 5.16 Å². The molecule has 0 saturated carbocycles. The van der Waals surface area contributed by atoms with E-state index in [1.807, 2.05) is 22.9 Å². The van der Waals surface area contributed by atoms with Gasteiger partial charge in [0.05, 0.1) is 16.8 Å². The highest BCUT2D eigenvalue weighted by Crippen LogP contribution is 2.34. The number of anilines is 1. The molecular formula is C21H15F2N3O2S3. The van der Waals surface area contributed by atoms with Gasteiger partial charge in [-0.3, -0.25) is 14.2 Å². The summed E-state index contributed by atoms with van der Waals surface area (Å²) in [6, 6.07) is 6.69. The molecule has 10 heteroatoms. The second-order valence-electron chi connectivity index (χ2n) is 6.37. The van der Waals surface area contributed by atoms with Crippen LogP contribution in [0.4, 0.5) is 14.5 Å². The van der Waals surface area contributed by atoms with Crippen LogP contribution in [0.25, 0.3) is 20.7 Å².